The Morgan fingerprint density at radius 3 is 2.17 bits per heavy atom. The number of para-hydroxylation sites is 2. The molecule has 0 N–H and O–H groups in total. The van der Waals surface area contributed by atoms with Crippen LogP contribution in [0.3, 0.4) is 0 Å². The van der Waals surface area contributed by atoms with Gasteiger partial charge in [0.2, 0.25) is 5.13 Å². The predicted molar refractivity (Wildman–Crippen MR) is 189 cm³/mol. The van der Waals surface area contributed by atoms with Gasteiger partial charge in [-0.15, -0.1) is 21.6 Å². The second-order valence-electron chi connectivity index (χ2n) is 11.4. The fourth-order valence-corrected chi connectivity index (χ4v) is 7.90. The summed E-state index contributed by atoms with van der Waals surface area (Å²) >= 11 is 2.74. The van der Waals surface area contributed by atoms with E-state index in [0.29, 0.717) is 21.4 Å². The first-order valence-corrected chi connectivity index (χ1v) is 17.4. The highest BCUT2D eigenvalue weighted by Crippen LogP contribution is 2.38. The predicted octanol–water partition coefficient (Wildman–Crippen LogP) is 9.30. The van der Waals surface area contributed by atoms with Crippen molar-refractivity contribution in [2.75, 3.05) is 27.8 Å². The Morgan fingerprint density at radius 1 is 0.809 bits per heavy atom. The first-order chi connectivity index (χ1) is 23.0. The molecule has 2 aliphatic heterocycles. The lowest BCUT2D eigenvalue weighted by Crippen LogP contribution is -2.57. The molecular weight excluding hydrogens is 629 g/mol. The highest BCUT2D eigenvalue weighted by atomic mass is 32.1. The number of nitrogens with zero attached hydrogens (tertiary/aromatic N) is 6. The van der Waals surface area contributed by atoms with E-state index in [1.165, 1.54) is 59.6 Å². The van der Waals surface area contributed by atoms with Crippen molar-refractivity contribution in [3.8, 4) is 0 Å². The van der Waals surface area contributed by atoms with Crippen LogP contribution >= 0.6 is 22.7 Å². The quantitative estimate of drug-likeness (QED) is 0.0644. The Bertz CT molecular complexity index is 1920. The van der Waals surface area contributed by atoms with Crippen molar-refractivity contribution in [2.24, 2.45) is 10.2 Å². The molecule has 0 spiro atoms. The summed E-state index contributed by atoms with van der Waals surface area (Å²) in [5.41, 5.74) is 4.06. The molecule has 4 amide bonds. The summed E-state index contributed by atoms with van der Waals surface area (Å²) in [6, 6.07) is 24.7. The fraction of sp³-hybridized carbons (Fsp3) is 0.222. The topological polar surface area (TPSA) is 98.5 Å². The number of imide groups is 2. The van der Waals surface area contributed by atoms with Gasteiger partial charge in [0.05, 0.1) is 21.8 Å². The summed E-state index contributed by atoms with van der Waals surface area (Å²) in [7, 11) is 0. The molecule has 9 nitrogen and oxygen atoms in total. The van der Waals surface area contributed by atoms with Gasteiger partial charge in [0.1, 0.15) is 10.4 Å². The Kier molecular flexibility index (Phi) is 8.73. The number of aromatic nitrogens is 1. The van der Waals surface area contributed by atoms with Crippen molar-refractivity contribution in [3.63, 3.8) is 0 Å². The highest BCUT2D eigenvalue weighted by Gasteiger charge is 2.43. The highest BCUT2D eigenvalue weighted by molar-refractivity contribution is 7.29. The van der Waals surface area contributed by atoms with Crippen LogP contribution < -0.4 is 14.7 Å². The van der Waals surface area contributed by atoms with E-state index in [1.54, 1.807) is 66.7 Å². The Balaban J connectivity index is 1.11. The number of benzene rings is 3. The van der Waals surface area contributed by atoms with Crippen LogP contribution in [0.25, 0.3) is 15.6 Å². The van der Waals surface area contributed by atoms with Crippen molar-refractivity contribution < 1.29 is 14.4 Å². The third-order valence-electron chi connectivity index (χ3n) is 8.25. The van der Waals surface area contributed by atoms with Gasteiger partial charge in [-0.2, -0.15) is 0 Å². The van der Waals surface area contributed by atoms with Crippen molar-refractivity contribution >= 4 is 84.0 Å². The number of urea groups is 1. The molecule has 47 heavy (non-hydrogen) atoms. The van der Waals surface area contributed by atoms with E-state index in [1.807, 2.05) is 12.1 Å². The lowest BCUT2D eigenvalue weighted by atomic mass is 10.1. The van der Waals surface area contributed by atoms with Gasteiger partial charge in [-0.1, -0.05) is 73.9 Å². The van der Waals surface area contributed by atoms with Crippen LogP contribution in [0.15, 0.2) is 101 Å². The lowest BCUT2D eigenvalue weighted by Gasteiger charge is -2.33. The molecule has 4 heterocycles. The second-order valence-corrected chi connectivity index (χ2v) is 13.5. The van der Waals surface area contributed by atoms with Crippen LogP contribution in [0.4, 0.5) is 32.7 Å². The van der Waals surface area contributed by atoms with Crippen LogP contribution in [0, 0.1) is 0 Å². The smallest absolute Gasteiger partial charge is 0.343 e. The van der Waals surface area contributed by atoms with Gasteiger partial charge in [-0.25, -0.2) is 19.6 Å². The summed E-state index contributed by atoms with van der Waals surface area (Å²) in [4.78, 5) is 51.5. The zero-order valence-corrected chi connectivity index (χ0v) is 27.5. The monoisotopic (exact) mass is 660 g/mol. The molecule has 3 aromatic carbocycles. The molecule has 236 valence electrons. The number of amides is 4. The van der Waals surface area contributed by atoms with Gasteiger partial charge in [0.25, 0.3) is 11.8 Å². The molecule has 5 aromatic rings. The average Bonchev–Trinajstić information content (AvgIpc) is 3.78. The summed E-state index contributed by atoms with van der Waals surface area (Å²) in [5.74, 6) is -1.35. The zero-order valence-electron chi connectivity index (χ0n) is 25.8. The van der Waals surface area contributed by atoms with E-state index in [-0.39, 0.29) is 5.57 Å². The number of rotatable bonds is 10. The molecule has 7 rings (SSSR count). The van der Waals surface area contributed by atoms with Gasteiger partial charge in [0, 0.05) is 23.7 Å². The van der Waals surface area contributed by atoms with Gasteiger partial charge in [-0.3, -0.25) is 9.59 Å². The number of hydrogen-bond acceptors (Lipinski definition) is 9. The number of hydrogen-bond donors (Lipinski definition) is 0. The minimum atomic E-state index is -0.721. The minimum Gasteiger partial charge on any atom is -0.371 e. The molecule has 0 radical (unpaired) electrons. The van der Waals surface area contributed by atoms with Crippen LogP contribution in [0.5, 0.6) is 0 Å². The van der Waals surface area contributed by atoms with Gasteiger partial charge < -0.3 is 4.90 Å². The van der Waals surface area contributed by atoms with Crippen molar-refractivity contribution in [3.05, 3.63) is 101 Å². The molecule has 0 saturated carbocycles. The number of barbiturate groups is 1. The maximum absolute atomic E-state index is 13.7. The molecule has 0 bridgehead atoms. The fourth-order valence-electron chi connectivity index (χ4n) is 5.92. The van der Waals surface area contributed by atoms with E-state index in [9.17, 15) is 14.4 Å². The zero-order chi connectivity index (χ0) is 32.3. The van der Waals surface area contributed by atoms with Gasteiger partial charge in [-0.05, 0) is 73.0 Å². The Morgan fingerprint density at radius 2 is 1.51 bits per heavy atom. The van der Waals surface area contributed by atoms with Gasteiger partial charge >= 0.3 is 6.03 Å². The molecule has 11 heteroatoms. The largest absolute Gasteiger partial charge is 0.371 e. The number of thiazole rings is 1. The molecule has 2 aliphatic rings. The number of carbonyl (C=O) groups is 3. The first kappa shape index (κ1) is 30.6. The van der Waals surface area contributed by atoms with Crippen molar-refractivity contribution in [2.45, 2.75) is 39.0 Å². The van der Waals surface area contributed by atoms with Gasteiger partial charge in [0.15, 0.2) is 0 Å². The summed E-state index contributed by atoms with van der Waals surface area (Å²) in [5, 5.41) is 9.42. The lowest BCUT2D eigenvalue weighted by molar-refractivity contribution is -0.121. The normalized spacial score (nSPS) is 15.0. The summed E-state index contributed by atoms with van der Waals surface area (Å²) in [6.07, 6.45) is 7.59. The first-order valence-electron chi connectivity index (χ1n) is 15.7. The minimum absolute atomic E-state index is 0.109. The number of azo groups is 1. The molecular formula is C36H32N6O3S2. The Hall–Kier alpha value is -5.00. The van der Waals surface area contributed by atoms with E-state index >= 15 is 0 Å². The molecule has 1 fully saturated rings. The van der Waals surface area contributed by atoms with Crippen LogP contribution in [0.1, 0.15) is 43.0 Å². The second kappa shape index (κ2) is 13.4. The summed E-state index contributed by atoms with van der Waals surface area (Å²) in [6.45, 7) is 4.38. The van der Waals surface area contributed by atoms with Crippen LogP contribution in [0.2, 0.25) is 0 Å². The Labute approximate surface area is 280 Å². The van der Waals surface area contributed by atoms with E-state index in [4.69, 9.17) is 0 Å². The number of unbranched alkanes of at least 4 members (excludes halogenated alkanes) is 3. The maximum Gasteiger partial charge on any atom is 0.343 e. The van der Waals surface area contributed by atoms with Crippen LogP contribution in [-0.2, 0) is 16.0 Å². The van der Waals surface area contributed by atoms with Crippen molar-refractivity contribution in [1.29, 1.82) is 0 Å². The molecule has 0 aliphatic carbocycles. The van der Waals surface area contributed by atoms with E-state index < -0.39 is 17.8 Å². The molecule has 0 unspecified atom stereocenters. The molecule has 1 saturated heterocycles. The van der Waals surface area contributed by atoms with Crippen LogP contribution in [-0.4, -0.2) is 35.9 Å². The third-order valence-corrected chi connectivity index (χ3v) is 10.2. The third kappa shape index (κ3) is 6.24. The average molecular weight is 661 g/mol. The standard InChI is InChI=1S/C36H32N6O3S2/c1-2-3-4-11-19-40-20-18-24-21-25(16-17-30(24)40)38-39-35-37-32-31(47-35)23-28(46-32)22-29-33(43)41(26-12-7-5-8-13-26)36(45)42(34(29)44)27-14-9-6-10-15-27/h5-10,12-17,21-23H,2-4,11,18-20H2,1H3/b39-38+. The summed E-state index contributed by atoms with van der Waals surface area (Å²) < 4.78 is 0.870. The number of carbonyl (C=O) groups excluding carboxylic acids is 3. The number of anilines is 3. The van der Waals surface area contributed by atoms with E-state index in [0.717, 1.165) is 44.5 Å². The number of thiophene rings is 1. The number of fused-ring (bicyclic) bond motifs is 2. The van der Waals surface area contributed by atoms with E-state index in [2.05, 4.69) is 39.2 Å². The van der Waals surface area contributed by atoms with Crippen molar-refractivity contribution in [1.82, 2.24) is 4.98 Å². The molecule has 2 aromatic heterocycles. The molecule has 0 atom stereocenters. The maximum atomic E-state index is 13.7. The SMILES string of the molecule is CCCCCCN1CCc2cc(/N=N/c3nc4sc(C=C5C(=O)N(c6ccccc6)C(=O)N(c6ccccc6)C5=O)cc4s3)ccc21.